The zero-order valence-electron chi connectivity index (χ0n) is 18.3. The number of rotatable bonds is 4. The minimum Gasteiger partial charge on any atom is -0.360 e. The van der Waals surface area contributed by atoms with Crippen LogP contribution >= 0.6 is 0 Å². The van der Waals surface area contributed by atoms with Gasteiger partial charge < -0.3 is 9.88 Å². The summed E-state index contributed by atoms with van der Waals surface area (Å²) in [6.45, 7) is 0.711. The first-order valence-electron chi connectivity index (χ1n) is 11.4. The van der Waals surface area contributed by atoms with Crippen LogP contribution in [-0.4, -0.2) is 10.8 Å². The van der Waals surface area contributed by atoms with Crippen LogP contribution in [-0.2, 0) is 19.4 Å². The fourth-order valence-electron chi connectivity index (χ4n) is 4.95. The number of para-hydroxylation sites is 3. The van der Waals surface area contributed by atoms with E-state index < -0.39 is 0 Å². The van der Waals surface area contributed by atoms with Gasteiger partial charge in [0.1, 0.15) is 0 Å². The average molecular weight is 429 g/mol. The predicted molar refractivity (Wildman–Crippen MR) is 134 cm³/mol. The molecule has 0 unspecified atom stereocenters. The summed E-state index contributed by atoms with van der Waals surface area (Å²) in [4.78, 5) is 19.0. The third-order valence-corrected chi connectivity index (χ3v) is 6.59. The second-order valence-corrected chi connectivity index (χ2v) is 8.62. The number of hydrogen-bond donors (Lipinski definition) is 1. The largest absolute Gasteiger partial charge is 0.360 e. The van der Waals surface area contributed by atoms with Crippen molar-refractivity contribution in [1.82, 2.24) is 4.98 Å². The first-order valence-corrected chi connectivity index (χ1v) is 11.4. The van der Waals surface area contributed by atoms with E-state index in [1.54, 1.807) is 0 Å². The van der Waals surface area contributed by atoms with Gasteiger partial charge >= 0.3 is 0 Å². The van der Waals surface area contributed by atoms with Crippen LogP contribution < -0.4 is 4.90 Å². The summed E-state index contributed by atoms with van der Waals surface area (Å²) in [5, 5.41) is 0.961. The Morgan fingerprint density at radius 3 is 2.18 bits per heavy atom. The lowest BCUT2D eigenvalue weighted by molar-refractivity contribution is 0.104. The number of nitrogens with one attached hydrogen (secondary N) is 1. The number of carbonyl (C=O) groups is 1. The number of aromatic amines is 1. The minimum absolute atomic E-state index is 0.0472. The Kier molecular flexibility index (Phi) is 4.80. The van der Waals surface area contributed by atoms with Crippen molar-refractivity contribution in [3.8, 4) is 0 Å². The zero-order chi connectivity index (χ0) is 22.2. The van der Waals surface area contributed by atoms with Crippen LogP contribution in [0.15, 0.2) is 103 Å². The van der Waals surface area contributed by atoms with Gasteiger partial charge in [0.05, 0.1) is 0 Å². The fourth-order valence-corrected chi connectivity index (χ4v) is 4.95. The monoisotopic (exact) mass is 428 g/mol. The highest BCUT2D eigenvalue weighted by atomic mass is 16.1. The maximum Gasteiger partial charge on any atom is 0.195 e. The van der Waals surface area contributed by atoms with Crippen molar-refractivity contribution in [2.24, 2.45) is 0 Å². The summed E-state index contributed by atoms with van der Waals surface area (Å²) in [7, 11) is 0. The van der Waals surface area contributed by atoms with Gasteiger partial charge in [0, 0.05) is 46.1 Å². The Morgan fingerprint density at radius 2 is 1.42 bits per heavy atom. The van der Waals surface area contributed by atoms with Gasteiger partial charge in [-0.25, -0.2) is 0 Å². The summed E-state index contributed by atoms with van der Waals surface area (Å²) in [5.74, 6) is 0.0472. The SMILES string of the molecule is O=C(c1cccc(CN2c3ccccc3CCc3ccccc32)c1)c1c[nH]c2ccccc12. The number of anilines is 2. The number of aryl methyl sites for hydroxylation is 2. The molecule has 0 fully saturated rings. The third-order valence-electron chi connectivity index (χ3n) is 6.59. The molecule has 0 bridgehead atoms. The molecule has 1 aliphatic rings. The molecule has 160 valence electrons. The van der Waals surface area contributed by atoms with Crippen molar-refractivity contribution in [2.45, 2.75) is 19.4 Å². The summed E-state index contributed by atoms with van der Waals surface area (Å²) in [5.41, 5.74) is 8.75. The molecule has 3 nitrogen and oxygen atoms in total. The number of aromatic nitrogens is 1. The van der Waals surface area contributed by atoms with Crippen LogP contribution in [0.2, 0.25) is 0 Å². The van der Waals surface area contributed by atoms with Gasteiger partial charge in [-0.2, -0.15) is 0 Å². The summed E-state index contributed by atoms with van der Waals surface area (Å²) in [6.07, 6.45) is 3.88. The summed E-state index contributed by atoms with van der Waals surface area (Å²) < 4.78 is 0. The lowest BCUT2D eigenvalue weighted by atomic mass is 10.0. The van der Waals surface area contributed by atoms with Gasteiger partial charge in [-0.3, -0.25) is 4.79 Å². The van der Waals surface area contributed by atoms with E-state index in [0.29, 0.717) is 17.7 Å². The molecule has 0 spiro atoms. The van der Waals surface area contributed by atoms with E-state index in [9.17, 15) is 4.79 Å². The van der Waals surface area contributed by atoms with E-state index in [2.05, 4.69) is 64.5 Å². The molecule has 4 aromatic carbocycles. The summed E-state index contributed by atoms with van der Waals surface area (Å²) in [6, 6.07) is 33.3. The van der Waals surface area contributed by atoms with Gasteiger partial charge in [0.15, 0.2) is 5.78 Å². The molecule has 0 saturated carbocycles. The topological polar surface area (TPSA) is 36.1 Å². The van der Waals surface area contributed by atoms with E-state index in [4.69, 9.17) is 0 Å². The Morgan fingerprint density at radius 1 is 0.758 bits per heavy atom. The summed E-state index contributed by atoms with van der Waals surface area (Å²) >= 11 is 0. The van der Waals surface area contributed by atoms with Crippen LogP contribution in [0.5, 0.6) is 0 Å². The zero-order valence-corrected chi connectivity index (χ0v) is 18.3. The van der Waals surface area contributed by atoms with Crippen LogP contribution in [0.25, 0.3) is 10.9 Å². The Balaban J connectivity index is 1.38. The van der Waals surface area contributed by atoms with Crippen LogP contribution in [0, 0.1) is 0 Å². The highest BCUT2D eigenvalue weighted by Crippen LogP contribution is 2.37. The molecule has 2 heterocycles. The van der Waals surface area contributed by atoms with Gasteiger partial charge in [-0.05, 0) is 53.8 Å². The number of fused-ring (bicyclic) bond motifs is 3. The lowest BCUT2D eigenvalue weighted by Gasteiger charge is -2.27. The molecule has 6 rings (SSSR count). The number of benzene rings is 4. The highest BCUT2D eigenvalue weighted by Gasteiger charge is 2.21. The molecule has 1 aromatic heterocycles. The molecule has 33 heavy (non-hydrogen) atoms. The van der Waals surface area contributed by atoms with Crippen molar-refractivity contribution < 1.29 is 4.79 Å². The van der Waals surface area contributed by atoms with Crippen molar-refractivity contribution in [1.29, 1.82) is 0 Å². The normalized spacial score (nSPS) is 12.8. The van der Waals surface area contributed by atoms with E-state index >= 15 is 0 Å². The van der Waals surface area contributed by atoms with Crippen LogP contribution in [0.3, 0.4) is 0 Å². The molecular weight excluding hydrogens is 404 g/mol. The molecule has 0 amide bonds. The van der Waals surface area contributed by atoms with Crippen LogP contribution in [0.4, 0.5) is 11.4 Å². The van der Waals surface area contributed by atoms with Crippen LogP contribution in [0.1, 0.15) is 32.6 Å². The first kappa shape index (κ1) is 19.6. The van der Waals surface area contributed by atoms with Crippen molar-refractivity contribution in [2.75, 3.05) is 4.90 Å². The smallest absolute Gasteiger partial charge is 0.195 e. The van der Waals surface area contributed by atoms with Crippen molar-refractivity contribution in [3.63, 3.8) is 0 Å². The molecule has 0 radical (unpaired) electrons. The molecular formula is C30H24N2O. The quantitative estimate of drug-likeness (QED) is 0.318. The van der Waals surface area contributed by atoms with Gasteiger partial charge in [-0.1, -0.05) is 72.8 Å². The van der Waals surface area contributed by atoms with Gasteiger partial charge in [0.2, 0.25) is 0 Å². The highest BCUT2D eigenvalue weighted by molar-refractivity contribution is 6.16. The molecule has 0 atom stereocenters. The van der Waals surface area contributed by atoms with Crippen molar-refractivity contribution >= 4 is 28.1 Å². The number of carbonyl (C=O) groups excluding carboxylic acids is 1. The predicted octanol–water partition coefficient (Wildman–Crippen LogP) is 6.84. The van der Waals surface area contributed by atoms with E-state index in [1.165, 1.54) is 22.5 Å². The fraction of sp³-hybridized carbons (Fsp3) is 0.100. The van der Waals surface area contributed by atoms with E-state index in [0.717, 1.165) is 29.3 Å². The number of nitrogens with zero attached hydrogens (tertiary/aromatic N) is 1. The van der Waals surface area contributed by atoms with Gasteiger partial charge in [0.25, 0.3) is 0 Å². The van der Waals surface area contributed by atoms with E-state index in [1.807, 2.05) is 48.7 Å². The maximum absolute atomic E-state index is 13.4. The van der Waals surface area contributed by atoms with E-state index in [-0.39, 0.29) is 5.78 Å². The lowest BCUT2D eigenvalue weighted by Crippen LogP contribution is -2.18. The molecule has 0 aliphatic carbocycles. The Bertz CT molecular complexity index is 1430. The van der Waals surface area contributed by atoms with Gasteiger partial charge in [-0.15, -0.1) is 0 Å². The maximum atomic E-state index is 13.4. The number of ketones is 1. The first-order chi connectivity index (χ1) is 16.3. The third kappa shape index (κ3) is 3.52. The Hall–Kier alpha value is -4.11. The molecule has 5 aromatic rings. The number of H-pyrrole nitrogens is 1. The standard InChI is InChI=1S/C30H24N2O/c33-30(26-19-31-27-13-4-3-12-25(26)27)24-11-7-8-21(18-24)20-32-28-14-5-1-9-22(28)16-17-23-10-2-6-15-29(23)32/h1-15,18-19,31H,16-17,20H2. The second-order valence-electron chi connectivity index (χ2n) is 8.62. The van der Waals surface area contributed by atoms with Crippen molar-refractivity contribution in [3.05, 3.63) is 131 Å². The second kappa shape index (κ2) is 8.10. The molecule has 1 N–H and O–H groups in total. The molecule has 1 aliphatic heterocycles. The Labute approximate surface area is 193 Å². The molecule has 0 saturated heterocycles. The minimum atomic E-state index is 0.0472. The molecule has 3 heteroatoms. The number of hydrogen-bond acceptors (Lipinski definition) is 2. The average Bonchev–Trinajstić information content (AvgIpc) is 3.24.